The van der Waals surface area contributed by atoms with E-state index in [-0.39, 0.29) is 11.6 Å². The van der Waals surface area contributed by atoms with Gasteiger partial charge in [-0.2, -0.15) is 0 Å². The number of hydrogen-bond acceptors (Lipinski definition) is 5. The number of hydrogen-bond donors (Lipinski definition) is 2. The van der Waals surface area contributed by atoms with Crippen molar-refractivity contribution in [2.75, 3.05) is 13.2 Å². The number of thiophene rings is 1. The fraction of sp³-hybridized carbons (Fsp3) is 0.235. The number of amides is 2. The molecule has 0 aliphatic heterocycles. The second-order valence-electron chi connectivity index (χ2n) is 5.13. The number of benzene rings is 1. The van der Waals surface area contributed by atoms with Crippen molar-refractivity contribution in [1.82, 2.24) is 10.6 Å². The monoisotopic (exact) mass is 364 g/mol. The number of ether oxygens (including phenoxy) is 1. The Morgan fingerprint density at radius 3 is 2.64 bits per heavy atom. The van der Waals surface area contributed by atoms with Gasteiger partial charge >= 0.3 is 5.97 Å². The SMILES string of the molecule is C[C@@H](NC(=O)COC(=O)CNC(=O)c1ccccc1F)c1cccs1. The Hall–Kier alpha value is -2.74. The Morgan fingerprint density at radius 2 is 1.96 bits per heavy atom. The Labute approximate surface area is 148 Å². The highest BCUT2D eigenvalue weighted by atomic mass is 32.1. The first-order chi connectivity index (χ1) is 12.0. The number of esters is 1. The first kappa shape index (κ1) is 18.6. The zero-order valence-electron chi connectivity index (χ0n) is 13.5. The highest BCUT2D eigenvalue weighted by Gasteiger charge is 2.15. The van der Waals surface area contributed by atoms with Crippen LogP contribution in [0.25, 0.3) is 0 Å². The lowest BCUT2D eigenvalue weighted by molar-refractivity contribution is -0.147. The zero-order chi connectivity index (χ0) is 18.2. The van der Waals surface area contributed by atoms with E-state index in [1.165, 1.54) is 29.5 Å². The van der Waals surface area contributed by atoms with Crippen LogP contribution in [0.15, 0.2) is 41.8 Å². The van der Waals surface area contributed by atoms with Crippen molar-refractivity contribution in [3.8, 4) is 0 Å². The van der Waals surface area contributed by atoms with Gasteiger partial charge in [0, 0.05) is 4.88 Å². The van der Waals surface area contributed by atoms with Crippen molar-refractivity contribution in [2.24, 2.45) is 0 Å². The summed E-state index contributed by atoms with van der Waals surface area (Å²) >= 11 is 1.51. The van der Waals surface area contributed by atoms with Crippen LogP contribution in [0.4, 0.5) is 4.39 Å². The van der Waals surface area contributed by atoms with E-state index >= 15 is 0 Å². The zero-order valence-corrected chi connectivity index (χ0v) is 14.3. The van der Waals surface area contributed by atoms with Crippen LogP contribution >= 0.6 is 11.3 Å². The van der Waals surface area contributed by atoms with E-state index in [0.717, 1.165) is 10.9 Å². The summed E-state index contributed by atoms with van der Waals surface area (Å²) in [5.41, 5.74) is -0.169. The Balaban J connectivity index is 1.71. The van der Waals surface area contributed by atoms with Gasteiger partial charge < -0.3 is 15.4 Å². The molecule has 2 N–H and O–H groups in total. The van der Waals surface area contributed by atoms with Crippen molar-refractivity contribution in [1.29, 1.82) is 0 Å². The first-order valence-electron chi connectivity index (χ1n) is 7.48. The van der Waals surface area contributed by atoms with E-state index < -0.39 is 36.8 Å². The maximum Gasteiger partial charge on any atom is 0.325 e. The van der Waals surface area contributed by atoms with Gasteiger partial charge in [0.15, 0.2) is 6.61 Å². The molecule has 132 valence electrons. The molecule has 8 heteroatoms. The molecule has 1 atom stereocenters. The van der Waals surface area contributed by atoms with E-state index in [4.69, 9.17) is 4.74 Å². The molecule has 0 bridgehead atoms. The molecule has 1 heterocycles. The first-order valence-corrected chi connectivity index (χ1v) is 8.36. The third-order valence-electron chi connectivity index (χ3n) is 3.22. The lowest BCUT2D eigenvalue weighted by Gasteiger charge is -2.12. The largest absolute Gasteiger partial charge is 0.454 e. The molecule has 1 aromatic heterocycles. The van der Waals surface area contributed by atoms with Crippen molar-refractivity contribution >= 4 is 29.1 Å². The molecule has 0 fully saturated rings. The predicted octanol–water partition coefficient (Wildman–Crippen LogP) is 2.04. The van der Waals surface area contributed by atoms with E-state index in [9.17, 15) is 18.8 Å². The maximum atomic E-state index is 13.4. The van der Waals surface area contributed by atoms with Gasteiger partial charge in [0.05, 0.1) is 11.6 Å². The van der Waals surface area contributed by atoms with Crippen LogP contribution in [0.3, 0.4) is 0 Å². The molecule has 0 spiro atoms. The van der Waals surface area contributed by atoms with Gasteiger partial charge in [-0.05, 0) is 30.5 Å². The van der Waals surface area contributed by atoms with Crippen LogP contribution in [-0.2, 0) is 14.3 Å². The number of nitrogens with one attached hydrogen (secondary N) is 2. The fourth-order valence-electron chi connectivity index (χ4n) is 1.98. The lowest BCUT2D eigenvalue weighted by atomic mass is 10.2. The highest BCUT2D eigenvalue weighted by molar-refractivity contribution is 7.10. The third-order valence-corrected chi connectivity index (χ3v) is 4.28. The van der Waals surface area contributed by atoms with Crippen molar-refractivity contribution < 1.29 is 23.5 Å². The summed E-state index contributed by atoms with van der Waals surface area (Å²) in [4.78, 5) is 36.0. The molecule has 0 saturated heterocycles. The van der Waals surface area contributed by atoms with Crippen LogP contribution in [-0.4, -0.2) is 30.9 Å². The summed E-state index contributed by atoms with van der Waals surface area (Å²) in [5, 5.41) is 6.84. The molecular weight excluding hydrogens is 347 g/mol. The van der Waals surface area contributed by atoms with Crippen LogP contribution in [0.2, 0.25) is 0 Å². The van der Waals surface area contributed by atoms with Crippen LogP contribution in [0, 0.1) is 5.82 Å². The van der Waals surface area contributed by atoms with E-state index in [1.54, 1.807) is 0 Å². The summed E-state index contributed by atoms with van der Waals surface area (Å²) < 4.78 is 18.2. The normalized spacial score (nSPS) is 11.4. The van der Waals surface area contributed by atoms with Gasteiger partial charge in [0.1, 0.15) is 12.4 Å². The maximum absolute atomic E-state index is 13.4. The number of rotatable bonds is 7. The molecular formula is C17H17FN2O4S. The van der Waals surface area contributed by atoms with Gasteiger partial charge in [-0.1, -0.05) is 18.2 Å². The van der Waals surface area contributed by atoms with Crippen molar-refractivity contribution in [3.05, 3.63) is 58.0 Å². The molecule has 0 radical (unpaired) electrons. The minimum atomic E-state index is -0.788. The highest BCUT2D eigenvalue weighted by Crippen LogP contribution is 2.17. The summed E-state index contributed by atoms with van der Waals surface area (Å²) in [5.74, 6) is -2.65. The topological polar surface area (TPSA) is 84.5 Å². The Morgan fingerprint density at radius 1 is 1.20 bits per heavy atom. The lowest BCUT2D eigenvalue weighted by Crippen LogP contribution is -2.34. The number of carbonyl (C=O) groups excluding carboxylic acids is 3. The molecule has 6 nitrogen and oxygen atoms in total. The quantitative estimate of drug-likeness (QED) is 0.737. The second kappa shape index (κ2) is 8.93. The predicted molar refractivity (Wildman–Crippen MR) is 90.6 cm³/mol. The van der Waals surface area contributed by atoms with Gasteiger partial charge in [-0.3, -0.25) is 14.4 Å². The molecule has 2 aromatic rings. The van der Waals surface area contributed by atoms with Crippen molar-refractivity contribution in [2.45, 2.75) is 13.0 Å². The van der Waals surface area contributed by atoms with E-state index in [0.29, 0.717) is 0 Å². The third kappa shape index (κ3) is 5.68. The van der Waals surface area contributed by atoms with Gasteiger partial charge in [-0.15, -0.1) is 11.3 Å². The van der Waals surface area contributed by atoms with E-state index in [2.05, 4.69) is 10.6 Å². The van der Waals surface area contributed by atoms with Crippen LogP contribution < -0.4 is 10.6 Å². The average molecular weight is 364 g/mol. The van der Waals surface area contributed by atoms with Crippen LogP contribution in [0.5, 0.6) is 0 Å². The summed E-state index contributed by atoms with van der Waals surface area (Å²) in [6.45, 7) is 0.908. The molecule has 0 unspecified atom stereocenters. The minimum absolute atomic E-state index is 0.169. The van der Waals surface area contributed by atoms with Gasteiger partial charge in [0.2, 0.25) is 0 Å². The van der Waals surface area contributed by atoms with Crippen molar-refractivity contribution in [3.63, 3.8) is 0 Å². The molecule has 2 rings (SSSR count). The molecule has 0 saturated carbocycles. The van der Waals surface area contributed by atoms with Gasteiger partial charge in [0.25, 0.3) is 11.8 Å². The number of carbonyl (C=O) groups is 3. The standard InChI is InChI=1S/C17H17FN2O4S/c1-11(14-7-4-8-25-14)20-15(21)10-24-16(22)9-19-17(23)12-5-2-3-6-13(12)18/h2-8,11H,9-10H2,1H3,(H,19,23)(H,20,21)/t11-/m1/s1. The summed E-state index contributed by atoms with van der Waals surface area (Å²) in [6.07, 6.45) is 0. The molecule has 2 amide bonds. The minimum Gasteiger partial charge on any atom is -0.454 e. The second-order valence-corrected chi connectivity index (χ2v) is 6.11. The Kier molecular flexibility index (Phi) is 6.64. The van der Waals surface area contributed by atoms with Gasteiger partial charge in [-0.25, -0.2) is 4.39 Å². The summed E-state index contributed by atoms with van der Waals surface area (Å²) in [7, 11) is 0. The van der Waals surface area contributed by atoms with Crippen LogP contribution in [0.1, 0.15) is 28.2 Å². The average Bonchev–Trinajstić information content (AvgIpc) is 3.13. The van der Waals surface area contributed by atoms with E-state index in [1.807, 2.05) is 24.4 Å². The summed E-state index contributed by atoms with van der Waals surface area (Å²) in [6, 6.07) is 8.99. The fourth-order valence-corrected chi connectivity index (χ4v) is 2.72. The smallest absolute Gasteiger partial charge is 0.325 e. The molecule has 0 aliphatic carbocycles. The molecule has 0 aliphatic rings. The molecule has 25 heavy (non-hydrogen) atoms. The Bertz CT molecular complexity index is 749. The number of halogens is 1. The molecule has 1 aromatic carbocycles.